The summed E-state index contributed by atoms with van der Waals surface area (Å²) in [6.07, 6.45) is 1.94. The van der Waals surface area contributed by atoms with Crippen LogP contribution in [0.25, 0.3) is 11.1 Å². The van der Waals surface area contributed by atoms with Gasteiger partial charge in [-0.3, -0.25) is 0 Å². The summed E-state index contributed by atoms with van der Waals surface area (Å²) in [4.78, 5) is 8.81. The lowest BCUT2D eigenvalue weighted by Gasteiger charge is -2.09. The van der Waals surface area contributed by atoms with Gasteiger partial charge in [0.2, 0.25) is 0 Å². The minimum atomic E-state index is 0.609. The fourth-order valence-corrected chi connectivity index (χ4v) is 2.70. The number of carbonyl (C=O) groups is 1. The van der Waals surface area contributed by atoms with Crippen LogP contribution in [0.2, 0.25) is 0 Å². The summed E-state index contributed by atoms with van der Waals surface area (Å²) < 4.78 is 0. The molecule has 2 N–H and O–H groups in total. The molecule has 0 bridgehead atoms. The highest BCUT2D eigenvalue weighted by Crippen LogP contribution is 2.45. The largest absolute Gasteiger partial charge is 0.331 e. The molecule has 3 rings (SSSR count). The average Bonchev–Trinajstić information content (AvgIpc) is 2.83. The molecule has 0 radical (unpaired) electrons. The summed E-state index contributed by atoms with van der Waals surface area (Å²) in [5.74, 6) is 0.609. The van der Waals surface area contributed by atoms with Crippen LogP contribution in [0.5, 0.6) is 0 Å². The third-order valence-corrected chi connectivity index (χ3v) is 3.37. The first-order valence-electron chi connectivity index (χ1n) is 7.53. The van der Waals surface area contributed by atoms with Crippen LogP contribution in [0, 0.1) is 0 Å². The van der Waals surface area contributed by atoms with Crippen molar-refractivity contribution in [3.05, 3.63) is 59.7 Å². The molecule has 1 aliphatic rings. The molecule has 0 heterocycles. The van der Waals surface area contributed by atoms with Gasteiger partial charge in [-0.2, -0.15) is 0 Å². The van der Waals surface area contributed by atoms with E-state index in [2.05, 4.69) is 55.5 Å². The number of nitrogens with two attached hydrogens (primary N) is 1. The molecule has 2 nitrogen and oxygen atoms in total. The second-order valence-electron chi connectivity index (χ2n) is 4.78. The molecular formula is C19H25NO. The lowest BCUT2D eigenvalue weighted by Crippen LogP contribution is -1.93. The van der Waals surface area contributed by atoms with Crippen LogP contribution in [0.4, 0.5) is 0 Å². The minimum absolute atomic E-state index is 0.609. The van der Waals surface area contributed by atoms with E-state index in [1.54, 1.807) is 0 Å². The Labute approximate surface area is 128 Å². The highest BCUT2D eigenvalue weighted by molar-refractivity contribution is 5.78. The van der Waals surface area contributed by atoms with Crippen LogP contribution in [0.3, 0.4) is 0 Å². The molecule has 0 fully saturated rings. The Hall–Kier alpha value is -1.93. The number of rotatable bonds is 1. The van der Waals surface area contributed by atoms with Crippen LogP contribution < -0.4 is 5.73 Å². The van der Waals surface area contributed by atoms with E-state index in [9.17, 15) is 0 Å². The Bertz CT molecular complexity index is 517. The van der Waals surface area contributed by atoms with Gasteiger partial charge >= 0.3 is 0 Å². The molecular weight excluding hydrogens is 258 g/mol. The molecule has 2 aromatic rings. The summed E-state index contributed by atoms with van der Waals surface area (Å²) in [7, 11) is 0. The molecule has 0 aromatic heterocycles. The van der Waals surface area contributed by atoms with Gasteiger partial charge in [0.15, 0.2) is 0 Å². The lowest BCUT2D eigenvalue weighted by molar-refractivity contribution is -0.106. The first-order chi connectivity index (χ1) is 10.2. The zero-order valence-corrected chi connectivity index (χ0v) is 13.2. The molecule has 0 aliphatic heterocycles. The minimum Gasteiger partial charge on any atom is -0.331 e. The summed E-state index contributed by atoms with van der Waals surface area (Å²) >= 11 is 0. The van der Waals surface area contributed by atoms with Gasteiger partial charge in [-0.05, 0) is 42.1 Å². The van der Waals surface area contributed by atoms with Crippen LogP contribution >= 0.6 is 0 Å². The molecule has 0 amide bonds. The van der Waals surface area contributed by atoms with Crippen LogP contribution in [0.15, 0.2) is 48.5 Å². The van der Waals surface area contributed by atoms with Gasteiger partial charge in [0.1, 0.15) is 6.29 Å². The highest BCUT2D eigenvalue weighted by atomic mass is 16.1. The maximum Gasteiger partial charge on any atom is 0.116 e. The van der Waals surface area contributed by atoms with Crippen molar-refractivity contribution in [2.45, 2.75) is 33.1 Å². The van der Waals surface area contributed by atoms with Crippen molar-refractivity contribution in [3.8, 4) is 11.1 Å². The zero-order valence-electron chi connectivity index (χ0n) is 13.2. The monoisotopic (exact) mass is 283 g/mol. The topological polar surface area (TPSA) is 43.1 Å². The van der Waals surface area contributed by atoms with E-state index in [1.807, 2.05) is 6.92 Å². The van der Waals surface area contributed by atoms with Crippen molar-refractivity contribution >= 4 is 6.29 Å². The molecule has 0 atom stereocenters. The molecule has 2 aromatic carbocycles. The second-order valence-corrected chi connectivity index (χ2v) is 4.78. The average molecular weight is 283 g/mol. The molecule has 1 aliphatic carbocycles. The number of fused-ring (bicyclic) bond motifs is 3. The van der Waals surface area contributed by atoms with Crippen molar-refractivity contribution in [1.29, 1.82) is 0 Å². The van der Waals surface area contributed by atoms with Gasteiger partial charge in [-0.1, -0.05) is 62.4 Å². The maximum atomic E-state index is 8.81. The smallest absolute Gasteiger partial charge is 0.116 e. The van der Waals surface area contributed by atoms with Gasteiger partial charge in [0, 0.05) is 5.92 Å². The summed E-state index contributed by atoms with van der Waals surface area (Å²) in [5.41, 5.74) is 10.7. The van der Waals surface area contributed by atoms with E-state index in [0.29, 0.717) is 5.92 Å². The van der Waals surface area contributed by atoms with Gasteiger partial charge in [0.25, 0.3) is 0 Å². The van der Waals surface area contributed by atoms with E-state index in [0.717, 1.165) is 12.8 Å². The Morgan fingerprint density at radius 1 is 0.952 bits per heavy atom. The van der Waals surface area contributed by atoms with E-state index < -0.39 is 0 Å². The Kier molecular flexibility index (Phi) is 7.41. The molecule has 0 spiro atoms. The third kappa shape index (κ3) is 4.02. The summed E-state index contributed by atoms with van der Waals surface area (Å²) in [5, 5.41) is 0. The van der Waals surface area contributed by atoms with Crippen molar-refractivity contribution in [2.24, 2.45) is 5.73 Å². The molecule has 21 heavy (non-hydrogen) atoms. The van der Waals surface area contributed by atoms with E-state index in [1.165, 1.54) is 35.6 Å². The van der Waals surface area contributed by atoms with Crippen LogP contribution in [0.1, 0.15) is 44.2 Å². The number of benzene rings is 2. The predicted octanol–water partition coefficient (Wildman–Crippen LogP) is 4.38. The fourth-order valence-electron chi connectivity index (χ4n) is 2.70. The number of hydrogen-bond acceptors (Lipinski definition) is 2. The summed E-state index contributed by atoms with van der Waals surface area (Å²) in [6, 6.07) is 17.6. The van der Waals surface area contributed by atoms with Crippen molar-refractivity contribution in [3.63, 3.8) is 0 Å². The normalized spacial score (nSPS) is 11.2. The zero-order chi connectivity index (χ0) is 15.7. The fraction of sp³-hybridized carbons (Fsp3) is 0.316. The van der Waals surface area contributed by atoms with Gasteiger partial charge in [0.05, 0.1) is 0 Å². The van der Waals surface area contributed by atoms with Crippen LogP contribution in [-0.2, 0) is 4.79 Å². The Morgan fingerprint density at radius 3 is 1.62 bits per heavy atom. The number of aldehydes is 1. The van der Waals surface area contributed by atoms with E-state index in [4.69, 9.17) is 10.5 Å². The molecule has 0 saturated heterocycles. The van der Waals surface area contributed by atoms with Crippen LogP contribution in [-0.4, -0.2) is 12.8 Å². The summed E-state index contributed by atoms with van der Waals surface area (Å²) in [6.45, 7) is 6.36. The van der Waals surface area contributed by atoms with E-state index >= 15 is 0 Å². The Morgan fingerprint density at radius 2 is 1.29 bits per heavy atom. The number of hydrogen-bond donors (Lipinski definition) is 1. The predicted molar refractivity (Wildman–Crippen MR) is 90.5 cm³/mol. The van der Waals surface area contributed by atoms with Crippen molar-refractivity contribution in [1.82, 2.24) is 0 Å². The standard InChI is InChI=1S/C15H14.C2H7N.C2H4O/c1-2-11-12-7-3-5-9-14(12)15-10-6-4-8-13(11)15;2*1-2-3/h3-11H,2H2,1H3;2-3H2,1H3;2H,1H3. The van der Waals surface area contributed by atoms with Gasteiger partial charge in [-0.15, -0.1) is 0 Å². The quantitative estimate of drug-likeness (QED) is 0.789. The van der Waals surface area contributed by atoms with Gasteiger partial charge < -0.3 is 10.5 Å². The second kappa shape index (κ2) is 9.09. The third-order valence-electron chi connectivity index (χ3n) is 3.37. The SMILES string of the molecule is CC=O.CCC1c2ccccc2-c2ccccc21.CCN. The van der Waals surface area contributed by atoms with Crippen molar-refractivity contribution in [2.75, 3.05) is 6.54 Å². The maximum absolute atomic E-state index is 8.81. The molecule has 112 valence electrons. The molecule has 2 heteroatoms. The lowest BCUT2D eigenvalue weighted by atomic mass is 9.95. The first kappa shape index (κ1) is 17.1. The van der Waals surface area contributed by atoms with Crippen molar-refractivity contribution < 1.29 is 4.79 Å². The number of carbonyl (C=O) groups excluding carboxylic acids is 1. The highest BCUT2D eigenvalue weighted by Gasteiger charge is 2.25. The first-order valence-corrected chi connectivity index (χ1v) is 7.53. The molecule has 0 unspecified atom stereocenters. The molecule has 0 saturated carbocycles. The van der Waals surface area contributed by atoms with E-state index in [-0.39, 0.29) is 0 Å². The Balaban J connectivity index is 0.000000321. The van der Waals surface area contributed by atoms with Gasteiger partial charge in [-0.25, -0.2) is 0 Å².